The van der Waals surface area contributed by atoms with E-state index in [-0.39, 0.29) is 0 Å². The van der Waals surface area contributed by atoms with E-state index in [0.717, 1.165) is 19.1 Å². The molecule has 0 radical (unpaired) electrons. The van der Waals surface area contributed by atoms with Crippen LogP contribution in [0.25, 0.3) is 0 Å². The molecule has 1 saturated carbocycles. The van der Waals surface area contributed by atoms with Crippen LogP contribution in [0.1, 0.15) is 54.8 Å². The molecule has 2 rings (SSSR count). The first-order chi connectivity index (χ1) is 9.24. The van der Waals surface area contributed by atoms with Crippen LogP contribution in [-0.4, -0.2) is 24.0 Å². The summed E-state index contributed by atoms with van der Waals surface area (Å²) in [6, 6.07) is 3.30. The van der Waals surface area contributed by atoms with Gasteiger partial charge in [0, 0.05) is 28.9 Å². The topological polar surface area (TPSA) is 15.3 Å². The van der Waals surface area contributed by atoms with Gasteiger partial charge in [0.15, 0.2) is 0 Å². The number of nitrogens with one attached hydrogen (secondary N) is 1. The van der Waals surface area contributed by atoms with E-state index in [9.17, 15) is 0 Å². The number of unbranched alkanes of at least 4 members (excludes halogenated alkanes) is 1. The summed E-state index contributed by atoms with van der Waals surface area (Å²) in [4.78, 5) is 5.70. The van der Waals surface area contributed by atoms with Gasteiger partial charge < -0.3 is 5.32 Å². The van der Waals surface area contributed by atoms with Gasteiger partial charge in [-0.1, -0.05) is 20.3 Å². The van der Waals surface area contributed by atoms with Crippen LogP contribution >= 0.6 is 11.3 Å². The smallest absolute Gasteiger partial charge is 0.0299 e. The Hall–Kier alpha value is -0.380. The number of hydrogen-bond donors (Lipinski definition) is 1. The van der Waals surface area contributed by atoms with Gasteiger partial charge in [0.1, 0.15) is 0 Å². The Morgan fingerprint density at radius 1 is 1.37 bits per heavy atom. The Bertz CT molecular complexity index is 382. The van der Waals surface area contributed by atoms with Gasteiger partial charge in [0.25, 0.3) is 0 Å². The highest BCUT2D eigenvalue weighted by atomic mass is 32.1. The summed E-state index contributed by atoms with van der Waals surface area (Å²) < 4.78 is 0. The van der Waals surface area contributed by atoms with Gasteiger partial charge in [-0.15, -0.1) is 11.3 Å². The number of aryl methyl sites for hydroxylation is 1. The predicted octanol–water partition coefficient (Wildman–Crippen LogP) is 3.93. The third-order valence-corrected chi connectivity index (χ3v) is 4.95. The average Bonchev–Trinajstić information content (AvgIpc) is 3.18. The highest BCUT2D eigenvalue weighted by Gasteiger charge is 2.28. The second kappa shape index (κ2) is 7.41. The van der Waals surface area contributed by atoms with E-state index >= 15 is 0 Å². The summed E-state index contributed by atoms with van der Waals surface area (Å²) >= 11 is 1.96. The summed E-state index contributed by atoms with van der Waals surface area (Å²) in [6.07, 6.45) is 5.47. The van der Waals surface area contributed by atoms with Crippen LogP contribution in [0.5, 0.6) is 0 Å². The second-order valence-electron chi connectivity index (χ2n) is 5.63. The first-order valence-corrected chi connectivity index (χ1v) is 8.59. The van der Waals surface area contributed by atoms with Crippen LogP contribution in [0, 0.1) is 6.92 Å². The molecule has 1 aliphatic carbocycles. The molecular weight excluding hydrogens is 252 g/mol. The second-order valence-corrected chi connectivity index (χ2v) is 6.97. The number of thiophene rings is 1. The van der Waals surface area contributed by atoms with Gasteiger partial charge in [-0.05, 0) is 50.9 Å². The van der Waals surface area contributed by atoms with E-state index in [1.165, 1.54) is 48.5 Å². The molecule has 1 heterocycles. The highest BCUT2D eigenvalue weighted by molar-refractivity contribution is 7.12. The van der Waals surface area contributed by atoms with Crippen LogP contribution < -0.4 is 5.32 Å². The Labute approximate surface area is 122 Å². The predicted molar refractivity (Wildman–Crippen MR) is 84.8 cm³/mol. The van der Waals surface area contributed by atoms with Crippen molar-refractivity contribution in [2.45, 2.75) is 65.6 Å². The van der Waals surface area contributed by atoms with Crippen molar-refractivity contribution in [3.8, 4) is 0 Å². The molecule has 1 aliphatic rings. The van der Waals surface area contributed by atoms with E-state index in [1.54, 1.807) is 5.56 Å². The van der Waals surface area contributed by atoms with Crippen LogP contribution in [0.3, 0.4) is 0 Å². The zero-order chi connectivity index (χ0) is 13.7. The molecule has 1 fully saturated rings. The Balaban J connectivity index is 1.93. The zero-order valence-electron chi connectivity index (χ0n) is 12.7. The molecule has 1 aromatic rings. The molecule has 0 atom stereocenters. The van der Waals surface area contributed by atoms with Crippen molar-refractivity contribution in [1.29, 1.82) is 0 Å². The van der Waals surface area contributed by atoms with Gasteiger partial charge in [0.05, 0.1) is 0 Å². The first kappa shape index (κ1) is 15.0. The molecular formula is C16H28N2S. The lowest BCUT2D eigenvalue weighted by molar-refractivity contribution is 0.250. The Morgan fingerprint density at radius 3 is 2.79 bits per heavy atom. The van der Waals surface area contributed by atoms with Crippen molar-refractivity contribution in [1.82, 2.24) is 10.2 Å². The van der Waals surface area contributed by atoms with E-state index in [4.69, 9.17) is 0 Å². The molecule has 1 aromatic heterocycles. The molecule has 3 heteroatoms. The fraction of sp³-hybridized carbons (Fsp3) is 0.750. The lowest BCUT2D eigenvalue weighted by atomic mass is 10.2. The van der Waals surface area contributed by atoms with Crippen molar-refractivity contribution >= 4 is 11.3 Å². The van der Waals surface area contributed by atoms with E-state index in [0.29, 0.717) is 0 Å². The Morgan fingerprint density at radius 2 is 2.16 bits per heavy atom. The molecule has 0 amide bonds. The van der Waals surface area contributed by atoms with Gasteiger partial charge in [-0.3, -0.25) is 4.90 Å². The average molecular weight is 280 g/mol. The van der Waals surface area contributed by atoms with Gasteiger partial charge >= 0.3 is 0 Å². The van der Waals surface area contributed by atoms with Crippen LogP contribution in [0.2, 0.25) is 0 Å². The van der Waals surface area contributed by atoms with Crippen LogP contribution in [-0.2, 0) is 13.1 Å². The maximum Gasteiger partial charge on any atom is 0.0299 e. The minimum atomic E-state index is 0.878. The van der Waals surface area contributed by atoms with Crippen molar-refractivity contribution in [2.75, 3.05) is 13.1 Å². The van der Waals surface area contributed by atoms with E-state index in [2.05, 4.69) is 37.1 Å². The number of rotatable bonds is 9. The lowest BCUT2D eigenvalue weighted by Gasteiger charge is -2.21. The Kier molecular flexibility index (Phi) is 5.86. The minimum Gasteiger partial charge on any atom is -0.312 e. The molecule has 0 aromatic carbocycles. The highest BCUT2D eigenvalue weighted by Crippen LogP contribution is 2.31. The lowest BCUT2D eigenvalue weighted by Crippen LogP contribution is -2.26. The van der Waals surface area contributed by atoms with E-state index in [1.807, 2.05) is 11.3 Å². The zero-order valence-corrected chi connectivity index (χ0v) is 13.5. The summed E-state index contributed by atoms with van der Waals surface area (Å²) in [5, 5.41) is 3.42. The van der Waals surface area contributed by atoms with Gasteiger partial charge in [-0.25, -0.2) is 0 Å². The summed E-state index contributed by atoms with van der Waals surface area (Å²) in [5.41, 5.74) is 1.56. The number of nitrogens with zero attached hydrogens (tertiary/aromatic N) is 1. The van der Waals surface area contributed by atoms with Crippen molar-refractivity contribution < 1.29 is 0 Å². The SMILES string of the molecule is CCCCN(Cc1cc(CNCC)sc1C)C1CC1. The maximum atomic E-state index is 3.42. The molecule has 0 saturated heterocycles. The van der Waals surface area contributed by atoms with Crippen molar-refractivity contribution in [2.24, 2.45) is 0 Å². The third-order valence-electron chi connectivity index (χ3n) is 3.86. The third kappa shape index (κ3) is 4.59. The van der Waals surface area contributed by atoms with Gasteiger partial charge in [0.2, 0.25) is 0 Å². The molecule has 19 heavy (non-hydrogen) atoms. The molecule has 0 bridgehead atoms. The van der Waals surface area contributed by atoms with Crippen LogP contribution in [0.15, 0.2) is 6.07 Å². The van der Waals surface area contributed by atoms with E-state index < -0.39 is 0 Å². The summed E-state index contributed by atoms with van der Waals surface area (Å²) in [5.74, 6) is 0. The standard InChI is InChI=1S/C16H28N2S/c1-4-6-9-18(15-7-8-15)12-14-10-16(11-17-5-2)19-13(14)3/h10,15,17H,4-9,11-12H2,1-3H3. The largest absolute Gasteiger partial charge is 0.312 e. The summed E-state index contributed by atoms with van der Waals surface area (Å²) in [6.45, 7) is 11.3. The van der Waals surface area contributed by atoms with Crippen molar-refractivity contribution in [3.63, 3.8) is 0 Å². The molecule has 1 N–H and O–H groups in total. The minimum absolute atomic E-state index is 0.878. The van der Waals surface area contributed by atoms with Crippen molar-refractivity contribution in [3.05, 3.63) is 21.4 Å². The normalized spacial score (nSPS) is 15.4. The molecule has 108 valence electrons. The fourth-order valence-electron chi connectivity index (χ4n) is 2.49. The monoisotopic (exact) mass is 280 g/mol. The fourth-order valence-corrected chi connectivity index (χ4v) is 3.51. The first-order valence-electron chi connectivity index (χ1n) is 7.77. The molecule has 0 spiro atoms. The van der Waals surface area contributed by atoms with Crippen LogP contribution in [0.4, 0.5) is 0 Å². The number of hydrogen-bond acceptors (Lipinski definition) is 3. The van der Waals surface area contributed by atoms with Gasteiger partial charge in [-0.2, -0.15) is 0 Å². The molecule has 0 unspecified atom stereocenters. The molecule has 0 aliphatic heterocycles. The molecule has 2 nitrogen and oxygen atoms in total. The quantitative estimate of drug-likeness (QED) is 0.737. The summed E-state index contributed by atoms with van der Waals surface area (Å²) in [7, 11) is 0. The maximum absolute atomic E-state index is 3.42.